The molecule has 0 fully saturated rings. The first-order valence-electron chi connectivity index (χ1n) is 9.78. The van der Waals surface area contributed by atoms with Crippen molar-refractivity contribution < 1.29 is 0 Å². The van der Waals surface area contributed by atoms with Gasteiger partial charge in [0.25, 0.3) is 5.56 Å². The second kappa shape index (κ2) is 7.39. The molecule has 144 valence electrons. The van der Waals surface area contributed by atoms with E-state index in [-0.39, 0.29) is 5.56 Å². The summed E-state index contributed by atoms with van der Waals surface area (Å²) in [4.78, 5) is 24.1. The molecule has 0 N–H and O–H groups in total. The molecule has 1 aromatic carbocycles. The fourth-order valence-corrected chi connectivity index (χ4v) is 3.86. The van der Waals surface area contributed by atoms with E-state index in [1.165, 1.54) is 0 Å². The fourth-order valence-electron chi connectivity index (χ4n) is 3.86. The van der Waals surface area contributed by atoms with Crippen LogP contribution >= 0.6 is 0 Å². The average Bonchev–Trinajstić information content (AvgIpc) is 3.28. The molecule has 0 spiro atoms. The number of hydrogen-bond donors (Lipinski definition) is 0. The Kier molecular flexibility index (Phi) is 4.44. The largest absolute Gasteiger partial charge is 0.354 e. The first kappa shape index (κ1) is 17.4. The second-order valence-electron chi connectivity index (χ2n) is 7.16. The number of nitrogens with zero attached hydrogens (tertiary/aromatic N) is 5. The maximum absolute atomic E-state index is 13.0. The summed E-state index contributed by atoms with van der Waals surface area (Å²) < 4.78 is 3.94. The van der Waals surface area contributed by atoms with E-state index in [1.54, 1.807) is 23.0 Å². The van der Waals surface area contributed by atoms with Gasteiger partial charge in [-0.3, -0.25) is 14.3 Å². The number of anilines is 2. The molecule has 0 saturated heterocycles. The third-order valence-corrected chi connectivity index (χ3v) is 5.28. The Morgan fingerprint density at radius 3 is 2.55 bits per heavy atom. The summed E-state index contributed by atoms with van der Waals surface area (Å²) in [6, 6.07) is 17.7. The molecule has 0 atom stereocenters. The Morgan fingerprint density at radius 1 is 0.931 bits per heavy atom. The number of hydrogen-bond acceptors (Lipinski definition) is 4. The minimum absolute atomic E-state index is 0.0354. The Labute approximate surface area is 168 Å². The van der Waals surface area contributed by atoms with Gasteiger partial charge >= 0.3 is 0 Å². The Hall–Kier alpha value is -3.67. The van der Waals surface area contributed by atoms with E-state index in [0.717, 1.165) is 36.3 Å². The summed E-state index contributed by atoms with van der Waals surface area (Å²) in [6.45, 7) is 2.24. The van der Waals surface area contributed by atoms with E-state index in [1.807, 2.05) is 36.4 Å². The standard InChI is InChI=1S/C23H21N5O/c29-22-16-20(18-8-10-24-11-9-18)25-23-27(15-5-14-26-12-3-4-13-26)21-7-2-1-6-19(21)17-28(22)23/h1-4,6-13,16H,5,14-15,17H2. The Balaban J connectivity index is 1.55. The molecule has 4 aromatic rings. The lowest BCUT2D eigenvalue weighted by molar-refractivity contribution is 0.620. The molecule has 0 amide bonds. The van der Waals surface area contributed by atoms with E-state index in [9.17, 15) is 4.79 Å². The molecule has 5 rings (SSSR count). The van der Waals surface area contributed by atoms with Gasteiger partial charge in [0.05, 0.1) is 12.2 Å². The highest BCUT2D eigenvalue weighted by Crippen LogP contribution is 2.33. The second-order valence-corrected chi connectivity index (χ2v) is 7.16. The lowest BCUT2D eigenvalue weighted by Crippen LogP contribution is -2.35. The number of fused-ring (bicyclic) bond motifs is 2. The van der Waals surface area contributed by atoms with Crippen LogP contribution in [0.4, 0.5) is 11.6 Å². The van der Waals surface area contributed by atoms with Crippen LogP contribution < -0.4 is 10.5 Å². The molecule has 29 heavy (non-hydrogen) atoms. The van der Waals surface area contributed by atoms with Gasteiger partial charge in [-0.1, -0.05) is 18.2 Å². The monoisotopic (exact) mass is 383 g/mol. The first-order valence-corrected chi connectivity index (χ1v) is 9.78. The zero-order valence-corrected chi connectivity index (χ0v) is 16.0. The van der Waals surface area contributed by atoms with Gasteiger partial charge < -0.3 is 9.47 Å². The normalized spacial score (nSPS) is 12.5. The fraction of sp³-hybridized carbons (Fsp3) is 0.174. The molecule has 6 nitrogen and oxygen atoms in total. The van der Waals surface area contributed by atoms with Gasteiger partial charge in [0.1, 0.15) is 0 Å². The van der Waals surface area contributed by atoms with Crippen LogP contribution in [0.25, 0.3) is 11.3 Å². The zero-order chi connectivity index (χ0) is 19.6. The van der Waals surface area contributed by atoms with Crippen LogP contribution in [0.1, 0.15) is 12.0 Å². The molecular formula is C23H21N5O. The van der Waals surface area contributed by atoms with Crippen molar-refractivity contribution in [2.45, 2.75) is 19.5 Å². The molecule has 0 bridgehead atoms. The van der Waals surface area contributed by atoms with Gasteiger partial charge in [-0.05, 0) is 42.3 Å². The van der Waals surface area contributed by atoms with Crippen LogP contribution in [-0.2, 0) is 13.1 Å². The highest BCUT2D eigenvalue weighted by Gasteiger charge is 2.25. The number of pyridine rings is 1. The SMILES string of the molecule is O=c1cc(-c2ccncc2)nc2n1Cc1ccccc1N2CCCn1cccc1. The molecule has 3 aromatic heterocycles. The first-order chi connectivity index (χ1) is 14.3. The molecule has 0 saturated carbocycles. The van der Waals surface area contributed by atoms with E-state index >= 15 is 0 Å². The van der Waals surface area contributed by atoms with Crippen LogP contribution in [-0.4, -0.2) is 25.6 Å². The van der Waals surface area contributed by atoms with Crippen LogP contribution in [0.5, 0.6) is 0 Å². The molecule has 1 aliphatic rings. The van der Waals surface area contributed by atoms with Crippen molar-refractivity contribution in [3.63, 3.8) is 0 Å². The maximum Gasteiger partial charge on any atom is 0.255 e. The van der Waals surface area contributed by atoms with Crippen LogP contribution in [0.3, 0.4) is 0 Å². The van der Waals surface area contributed by atoms with Crippen molar-refractivity contribution >= 4 is 11.6 Å². The molecule has 0 aliphatic carbocycles. The Bertz CT molecular complexity index is 1180. The highest BCUT2D eigenvalue weighted by molar-refractivity contribution is 5.67. The summed E-state index contributed by atoms with van der Waals surface area (Å²) in [5.74, 6) is 0.704. The lowest BCUT2D eigenvalue weighted by Gasteiger charge is -2.33. The topological polar surface area (TPSA) is 56.0 Å². The van der Waals surface area contributed by atoms with Crippen molar-refractivity contribution in [1.29, 1.82) is 0 Å². The van der Waals surface area contributed by atoms with Gasteiger partial charge in [-0.2, -0.15) is 0 Å². The summed E-state index contributed by atoms with van der Waals surface area (Å²) in [7, 11) is 0. The summed E-state index contributed by atoms with van der Waals surface area (Å²) >= 11 is 0. The molecule has 0 radical (unpaired) electrons. The molecule has 4 heterocycles. The molecular weight excluding hydrogens is 362 g/mol. The predicted octanol–water partition coefficient (Wildman–Crippen LogP) is 3.70. The van der Waals surface area contributed by atoms with Crippen LogP contribution in [0, 0.1) is 0 Å². The Morgan fingerprint density at radius 2 is 1.72 bits per heavy atom. The molecule has 0 unspecified atom stereocenters. The highest BCUT2D eigenvalue weighted by atomic mass is 16.1. The van der Waals surface area contributed by atoms with Crippen molar-refractivity contribution in [3.05, 3.63) is 95.3 Å². The van der Waals surface area contributed by atoms with Gasteiger partial charge in [-0.15, -0.1) is 0 Å². The molecule has 6 heteroatoms. The van der Waals surface area contributed by atoms with Gasteiger partial charge in [0.15, 0.2) is 0 Å². The van der Waals surface area contributed by atoms with Gasteiger partial charge in [0.2, 0.25) is 5.95 Å². The zero-order valence-electron chi connectivity index (χ0n) is 16.0. The maximum atomic E-state index is 13.0. The summed E-state index contributed by atoms with van der Waals surface area (Å²) in [6.07, 6.45) is 8.53. The van der Waals surface area contributed by atoms with E-state index in [2.05, 4.69) is 39.0 Å². The van der Waals surface area contributed by atoms with Gasteiger partial charge in [0, 0.05) is 55.2 Å². The van der Waals surface area contributed by atoms with Crippen molar-refractivity contribution in [3.8, 4) is 11.3 Å². The third kappa shape index (κ3) is 3.33. The van der Waals surface area contributed by atoms with Crippen molar-refractivity contribution in [2.24, 2.45) is 0 Å². The lowest BCUT2D eigenvalue weighted by atomic mass is 10.1. The molecule has 1 aliphatic heterocycles. The quantitative estimate of drug-likeness (QED) is 0.527. The van der Waals surface area contributed by atoms with Crippen molar-refractivity contribution in [1.82, 2.24) is 19.1 Å². The van der Waals surface area contributed by atoms with E-state index in [4.69, 9.17) is 4.98 Å². The van der Waals surface area contributed by atoms with Crippen molar-refractivity contribution in [2.75, 3.05) is 11.4 Å². The number of aromatic nitrogens is 4. The minimum Gasteiger partial charge on any atom is -0.354 e. The third-order valence-electron chi connectivity index (χ3n) is 5.28. The van der Waals surface area contributed by atoms with Gasteiger partial charge in [-0.25, -0.2) is 4.98 Å². The van der Waals surface area contributed by atoms with E-state index in [0.29, 0.717) is 18.2 Å². The average molecular weight is 383 g/mol. The minimum atomic E-state index is -0.0354. The van der Waals surface area contributed by atoms with E-state index < -0.39 is 0 Å². The smallest absolute Gasteiger partial charge is 0.255 e. The van der Waals surface area contributed by atoms with Crippen LogP contribution in [0.15, 0.2) is 84.2 Å². The summed E-state index contributed by atoms with van der Waals surface area (Å²) in [5.41, 5.74) is 3.80. The number of benzene rings is 1. The predicted molar refractivity (Wildman–Crippen MR) is 113 cm³/mol. The number of rotatable bonds is 5. The number of para-hydroxylation sites is 1. The van der Waals surface area contributed by atoms with Crippen LogP contribution in [0.2, 0.25) is 0 Å². The number of aryl methyl sites for hydroxylation is 1. The summed E-state index contributed by atoms with van der Waals surface area (Å²) in [5, 5.41) is 0.